The van der Waals surface area contributed by atoms with Crippen molar-refractivity contribution in [1.29, 1.82) is 0 Å². The zero-order valence-electron chi connectivity index (χ0n) is 14.7. The maximum atomic E-state index is 12.5. The van der Waals surface area contributed by atoms with Crippen LogP contribution in [0.1, 0.15) is 43.2 Å². The Morgan fingerprint density at radius 3 is 2.96 bits per heavy atom. The fourth-order valence-electron chi connectivity index (χ4n) is 2.85. The number of hydrogen-bond acceptors (Lipinski definition) is 6. The summed E-state index contributed by atoms with van der Waals surface area (Å²) >= 11 is 0. The first kappa shape index (κ1) is 17.4. The van der Waals surface area contributed by atoms with Crippen LogP contribution in [0.3, 0.4) is 0 Å². The number of carbonyl (C=O) groups excluding carboxylic acids is 1. The van der Waals surface area contributed by atoms with Crippen LogP contribution in [-0.2, 0) is 17.7 Å². The molecule has 0 amide bonds. The molecule has 1 unspecified atom stereocenters. The van der Waals surface area contributed by atoms with E-state index in [1.807, 2.05) is 19.1 Å². The van der Waals surface area contributed by atoms with Gasteiger partial charge in [-0.15, -0.1) is 0 Å². The lowest BCUT2D eigenvalue weighted by atomic mass is 10.1. The molecule has 7 nitrogen and oxygen atoms in total. The smallest absolute Gasteiger partial charge is 0.345 e. The van der Waals surface area contributed by atoms with E-state index in [2.05, 4.69) is 10.1 Å². The van der Waals surface area contributed by atoms with E-state index < -0.39 is 12.1 Å². The molecule has 25 heavy (non-hydrogen) atoms. The molecule has 0 radical (unpaired) electrons. The van der Waals surface area contributed by atoms with Gasteiger partial charge in [-0.3, -0.25) is 4.98 Å². The second-order valence-corrected chi connectivity index (χ2v) is 6.28. The number of ether oxygens (including phenoxy) is 2. The number of esters is 1. The third-order valence-corrected chi connectivity index (χ3v) is 4.05. The van der Waals surface area contributed by atoms with Crippen LogP contribution >= 0.6 is 0 Å². The molecule has 3 rings (SSSR count). The summed E-state index contributed by atoms with van der Waals surface area (Å²) < 4.78 is 12.8. The topological polar surface area (TPSA) is 86.5 Å². The van der Waals surface area contributed by atoms with E-state index in [4.69, 9.17) is 9.47 Å². The lowest BCUT2D eigenvalue weighted by Gasteiger charge is -2.21. The highest BCUT2D eigenvalue weighted by molar-refractivity contribution is 5.98. The SMILES string of the molecule is CCOC(=O)c1c(-c2ccc(CC(C)O)nc2)nn2c1O[C@H](C)CC2. The molecule has 3 heterocycles. The Balaban J connectivity index is 2.01. The molecule has 1 aliphatic rings. The summed E-state index contributed by atoms with van der Waals surface area (Å²) in [5, 5.41) is 14.0. The quantitative estimate of drug-likeness (QED) is 0.836. The zero-order valence-corrected chi connectivity index (χ0v) is 14.7. The van der Waals surface area contributed by atoms with Gasteiger partial charge in [-0.2, -0.15) is 5.10 Å². The van der Waals surface area contributed by atoms with Crippen molar-refractivity contribution in [1.82, 2.24) is 14.8 Å². The first-order valence-corrected chi connectivity index (χ1v) is 8.57. The fraction of sp³-hybridized carbons (Fsp3) is 0.500. The van der Waals surface area contributed by atoms with Crippen molar-refractivity contribution in [3.63, 3.8) is 0 Å². The number of aliphatic hydroxyl groups excluding tert-OH is 1. The highest BCUT2D eigenvalue weighted by Gasteiger charge is 2.31. The van der Waals surface area contributed by atoms with Gasteiger partial charge in [-0.05, 0) is 32.9 Å². The van der Waals surface area contributed by atoms with E-state index in [0.717, 1.165) is 17.7 Å². The molecule has 0 fully saturated rings. The molecule has 0 aliphatic carbocycles. The van der Waals surface area contributed by atoms with E-state index in [-0.39, 0.29) is 12.7 Å². The molecule has 2 aromatic rings. The normalized spacial score (nSPS) is 17.5. The molecule has 7 heteroatoms. The van der Waals surface area contributed by atoms with Crippen LogP contribution in [0, 0.1) is 0 Å². The Labute approximate surface area is 146 Å². The highest BCUT2D eigenvalue weighted by Crippen LogP contribution is 2.34. The molecule has 2 atom stereocenters. The van der Waals surface area contributed by atoms with Crippen molar-refractivity contribution >= 4 is 5.97 Å². The largest absolute Gasteiger partial charge is 0.474 e. The van der Waals surface area contributed by atoms with Gasteiger partial charge in [0.2, 0.25) is 5.88 Å². The van der Waals surface area contributed by atoms with Gasteiger partial charge in [0.25, 0.3) is 0 Å². The number of aromatic nitrogens is 3. The predicted octanol–water partition coefficient (Wildman–Crippen LogP) is 2.22. The van der Waals surface area contributed by atoms with Gasteiger partial charge in [-0.1, -0.05) is 0 Å². The van der Waals surface area contributed by atoms with E-state index in [1.54, 1.807) is 24.7 Å². The van der Waals surface area contributed by atoms with E-state index in [1.165, 1.54) is 0 Å². The minimum absolute atomic E-state index is 0.0248. The Bertz CT molecular complexity index is 752. The zero-order chi connectivity index (χ0) is 18.0. The average Bonchev–Trinajstić information content (AvgIpc) is 2.93. The average molecular weight is 345 g/mol. The van der Waals surface area contributed by atoms with Gasteiger partial charge in [0, 0.05) is 36.8 Å². The Kier molecular flexibility index (Phi) is 5.03. The Hall–Kier alpha value is -2.41. The lowest BCUT2D eigenvalue weighted by Crippen LogP contribution is -2.24. The van der Waals surface area contributed by atoms with E-state index >= 15 is 0 Å². The third-order valence-electron chi connectivity index (χ3n) is 4.05. The Morgan fingerprint density at radius 1 is 1.52 bits per heavy atom. The molecule has 0 spiro atoms. The van der Waals surface area contributed by atoms with Gasteiger partial charge in [0.15, 0.2) is 0 Å². The summed E-state index contributed by atoms with van der Waals surface area (Å²) in [5.41, 5.74) is 2.36. The van der Waals surface area contributed by atoms with E-state index in [9.17, 15) is 9.90 Å². The summed E-state index contributed by atoms with van der Waals surface area (Å²) in [6.45, 7) is 6.43. The molecule has 2 aromatic heterocycles. The second-order valence-electron chi connectivity index (χ2n) is 6.28. The Morgan fingerprint density at radius 2 is 2.32 bits per heavy atom. The van der Waals surface area contributed by atoms with Crippen LogP contribution in [-0.4, -0.2) is 44.7 Å². The van der Waals surface area contributed by atoms with Gasteiger partial charge < -0.3 is 14.6 Å². The number of hydrogen-bond donors (Lipinski definition) is 1. The minimum atomic E-state index is -0.455. The predicted molar refractivity (Wildman–Crippen MR) is 91.5 cm³/mol. The van der Waals surface area contributed by atoms with Gasteiger partial charge in [0.05, 0.1) is 18.8 Å². The molecule has 0 saturated carbocycles. The summed E-state index contributed by atoms with van der Waals surface area (Å²) in [4.78, 5) is 16.8. The number of pyridine rings is 1. The summed E-state index contributed by atoms with van der Waals surface area (Å²) in [6.07, 6.45) is 2.55. The molecule has 1 aliphatic heterocycles. The lowest BCUT2D eigenvalue weighted by molar-refractivity contribution is 0.0515. The summed E-state index contributed by atoms with van der Waals surface area (Å²) in [6, 6.07) is 3.68. The number of aryl methyl sites for hydroxylation is 1. The van der Waals surface area contributed by atoms with Crippen molar-refractivity contribution in [3.05, 3.63) is 29.6 Å². The highest BCUT2D eigenvalue weighted by atomic mass is 16.5. The van der Waals surface area contributed by atoms with Crippen LogP contribution < -0.4 is 4.74 Å². The standard InChI is InChI=1S/C18H23N3O4/c1-4-24-18(23)15-16(20-21-8-7-12(3)25-17(15)21)13-5-6-14(19-10-13)9-11(2)22/h5-6,10-12,22H,4,7-9H2,1-3H3/t11?,12-/m1/s1. The molecule has 1 N–H and O–H groups in total. The molecule has 134 valence electrons. The van der Waals surface area contributed by atoms with Crippen LogP contribution in [0.4, 0.5) is 0 Å². The molecule has 0 bridgehead atoms. The number of carbonyl (C=O) groups is 1. The minimum Gasteiger partial charge on any atom is -0.474 e. The van der Waals surface area contributed by atoms with Crippen LogP contribution in [0.2, 0.25) is 0 Å². The van der Waals surface area contributed by atoms with Crippen molar-refractivity contribution in [3.8, 4) is 17.1 Å². The second kappa shape index (κ2) is 7.23. The van der Waals surface area contributed by atoms with Gasteiger partial charge >= 0.3 is 5.97 Å². The molecule has 0 aromatic carbocycles. The van der Waals surface area contributed by atoms with E-state index in [0.29, 0.717) is 30.1 Å². The van der Waals surface area contributed by atoms with Gasteiger partial charge in [-0.25, -0.2) is 9.48 Å². The summed E-state index contributed by atoms with van der Waals surface area (Å²) in [7, 11) is 0. The first-order valence-electron chi connectivity index (χ1n) is 8.57. The molecular formula is C18H23N3O4. The molecule has 0 saturated heterocycles. The fourth-order valence-corrected chi connectivity index (χ4v) is 2.85. The van der Waals surface area contributed by atoms with Crippen LogP contribution in [0.25, 0.3) is 11.3 Å². The monoisotopic (exact) mass is 345 g/mol. The number of aliphatic hydroxyl groups is 1. The van der Waals surface area contributed by atoms with Crippen molar-refractivity contribution in [2.24, 2.45) is 0 Å². The van der Waals surface area contributed by atoms with Crippen molar-refractivity contribution < 1.29 is 19.4 Å². The van der Waals surface area contributed by atoms with Crippen molar-refractivity contribution in [2.45, 2.75) is 52.4 Å². The van der Waals surface area contributed by atoms with Gasteiger partial charge in [0.1, 0.15) is 11.3 Å². The number of fused-ring (bicyclic) bond motifs is 1. The van der Waals surface area contributed by atoms with Crippen LogP contribution in [0.15, 0.2) is 18.3 Å². The summed E-state index contributed by atoms with van der Waals surface area (Å²) in [5.74, 6) is 0.0150. The number of nitrogens with zero attached hydrogens (tertiary/aromatic N) is 3. The maximum absolute atomic E-state index is 12.5. The third kappa shape index (κ3) is 3.66. The first-order chi connectivity index (χ1) is 12.0. The molecular weight excluding hydrogens is 322 g/mol. The van der Waals surface area contributed by atoms with Crippen molar-refractivity contribution in [2.75, 3.05) is 6.61 Å². The van der Waals surface area contributed by atoms with Crippen LogP contribution in [0.5, 0.6) is 5.88 Å². The number of rotatable bonds is 5. The maximum Gasteiger partial charge on any atom is 0.345 e.